The molecular formula is C12H24N2O. The normalized spacial score (nSPS) is 32.4. The highest BCUT2D eigenvalue weighted by Gasteiger charge is 2.55. The summed E-state index contributed by atoms with van der Waals surface area (Å²) >= 11 is 0. The van der Waals surface area contributed by atoms with Gasteiger partial charge in [0.25, 0.3) is 0 Å². The predicted octanol–water partition coefficient (Wildman–Crippen LogP) is 0.953. The molecule has 2 heterocycles. The van der Waals surface area contributed by atoms with Crippen molar-refractivity contribution in [3.8, 4) is 0 Å². The third-order valence-electron chi connectivity index (χ3n) is 4.36. The Kier molecular flexibility index (Phi) is 2.82. The molecule has 0 aromatic heterocycles. The first-order valence-corrected chi connectivity index (χ1v) is 5.96. The van der Waals surface area contributed by atoms with Gasteiger partial charge in [-0.3, -0.25) is 0 Å². The van der Waals surface area contributed by atoms with E-state index in [1.165, 1.54) is 0 Å². The third kappa shape index (κ3) is 1.71. The predicted molar refractivity (Wildman–Crippen MR) is 62.0 cm³/mol. The SMILES string of the molecule is CN1CCNCC1C1(C(C)(C)C)COC1. The number of nitrogens with zero attached hydrogens (tertiary/aromatic N) is 1. The first-order chi connectivity index (χ1) is 6.97. The van der Waals surface area contributed by atoms with Crippen LogP contribution in [0, 0.1) is 10.8 Å². The minimum Gasteiger partial charge on any atom is -0.380 e. The molecule has 1 atom stereocenters. The quantitative estimate of drug-likeness (QED) is 0.700. The third-order valence-corrected chi connectivity index (χ3v) is 4.36. The summed E-state index contributed by atoms with van der Waals surface area (Å²) in [4.78, 5) is 2.50. The average Bonchev–Trinajstić information content (AvgIpc) is 2.03. The summed E-state index contributed by atoms with van der Waals surface area (Å²) < 4.78 is 5.51. The summed E-state index contributed by atoms with van der Waals surface area (Å²) in [5.41, 5.74) is 0.665. The lowest BCUT2D eigenvalue weighted by Gasteiger charge is -2.58. The Morgan fingerprint density at radius 3 is 2.40 bits per heavy atom. The molecule has 1 unspecified atom stereocenters. The fraction of sp³-hybridized carbons (Fsp3) is 1.00. The monoisotopic (exact) mass is 212 g/mol. The van der Waals surface area contributed by atoms with Crippen LogP contribution < -0.4 is 5.32 Å². The van der Waals surface area contributed by atoms with Gasteiger partial charge in [-0.05, 0) is 12.5 Å². The molecule has 0 aromatic carbocycles. The molecule has 0 amide bonds. The van der Waals surface area contributed by atoms with E-state index in [1.807, 2.05) is 0 Å². The van der Waals surface area contributed by atoms with Crippen LogP contribution in [0.25, 0.3) is 0 Å². The van der Waals surface area contributed by atoms with Crippen LogP contribution in [-0.2, 0) is 4.74 Å². The summed E-state index contributed by atoms with van der Waals surface area (Å²) in [6.45, 7) is 12.3. The van der Waals surface area contributed by atoms with E-state index in [4.69, 9.17) is 4.74 Å². The molecule has 2 aliphatic heterocycles. The van der Waals surface area contributed by atoms with Crippen molar-refractivity contribution in [2.75, 3.05) is 39.9 Å². The Labute approximate surface area is 93.2 Å². The van der Waals surface area contributed by atoms with Crippen molar-refractivity contribution in [3.63, 3.8) is 0 Å². The summed E-state index contributed by atoms with van der Waals surface area (Å²) in [6.07, 6.45) is 0. The summed E-state index contributed by atoms with van der Waals surface area (Å²) in [5, 5.41) is 3.51. The van der Waals surface area contributed by atoms with Gasteiger partial charge in [0.2, 0.25) is 0 Å². The van der Waals surface area contributed by atoms with Gasteiger partial charge in [-0.2, -0.15) is 0 Å². The van der Waals surface area contributed by atoms with E-state index in [9.17, 15) is 0 Å². The number of piperazine rings is 1. The fourth-order valence-electron chi connectivity index (χ4n) is 2.87. The van der Waals surface area contributed by atoms with E-state index >= 15 is 0 Å². The van der Waals surface area contributed by atoms with Gasteiger partial charge >= 0.3 is 0 Å². The minimum atomic E-state index is 0.323. The van der Waals surface area contributed by atoms with Crippen LogP contribution in [0.5, 0.6) is 0 Å². The molecule has 3 nitrogen and oxygen atoms in total. The topological polar surface area (TPSA) is 24.5 Å². The van der Waals surface area contributed by atoms with E-state index in [2.05, 4.69) is 38.0 Å². The van der Waals surface area contributed by atoms with E-state index in [0.717, 1.165) is 32.8 Å². The van der Waals surface area contributed by atoms with Crippen LogP contribution in [0.3, 0.4) is 0 Å². The van der Waals surface area contributed by atoms with Gasteiger partial charge in [-0.15, -0.1) is 0 Å². The first-order valence-electron chi connectivity index (χ1n) is 5.96. The number of ether oxygens (including phenoxy) is 1. The number of likely N-dealkylation sites (N-methyl/N-ethyl adjacent to an activating group) is 1. The molecule has 2 rings (SSSR count). The zero-order chi connectivity index (χ0) is 11.1. The molecule has 0 bridgehead atoms. The van der Waals surface area contributed by atoms with Crippen LogP contribution in [-0.4, -0.2) is 50.8 Å². The van der Waals surface area contributed by atoms with Crippen molar-refractivity contribution in [2.45, 2.75) is 26.8 Å². The van der Waals surface area contributed by atoms with E-state index in [-0.39, 0.29) is 0 Å². The molecule has 88 valence electrons. The molecule has 0 aliphatic carbocycles. The van der Waals surface area contributed by atoms with Gasteiger partial charge in [0, 0.05) is 31.1 Å². The summed E-state index contributed by atoms with van der Waals surface area (Å²) in [5.74, 6) is 0. The first kappa shape index (κ1) is 11.4. The molecule has 2 aliphatic rings. The Hall–Kier alpha value is -0.120. The smallest absolute Gasteiger partial charge is 0.0565 e. The number of hydrogen-bond donors (Lipinski definition) is 1. The van der Waals surface area contributed by atoms with E-state index in [0.29, 0.717) is 16.9 Å². The molecule has 0 spiro atoms. The lowest BCUT2D eigenvalue weighted by atomic mass is 9.60. The second kappa shape index (κ2) is 3.72. The molecule has 2 fully saturated rings. The van der Waals surface area contributed by atoms with Crippen LogP contribution in [0.15, 0.2) is 0 Å². The molecule has 3 heteroatoms. The number of nitrogens with one attached hydrogen (secondary N) is 1. The zero-order valence-electron chi connectivity index (χ0n) is 10.5. The Morgan fingerprint density at radius 2 is 2.00 bits per heavy atom. The van der Waals surface area contributed by atoms with Crippen LogP contribution in [0.2, 0.25) is 0 Å². The highest BCUT2D eigenvalue weighted by molar-refractivity contribution is 5.05. The van der Waals surface area contributed by atoms with Crippen molar-refractivity contribution in [3.05, 3.63) is 0 Å². The molecule has 0 radical (unpaired) electrons. The number of hydrogen-bond acceptors (Lipinski definition) is 3. The zero-order valence-corrected chi connectivity index (χ0v) is 10.5. The van der Waals surface area contributed by atoms with Crippen molar-refractivity contribution in [2.24, 2.45) is 10.8 Å². The maximum atomic E-state index is 5.51. The van der Waals surface area contributed by atoms with E-state index < -0.39 is 0 Å². The Morgan fingerprint density at radius 1 is 1.33 bits per heavy atom. The van der Waals surface area contributed by atoms with Crippen molar-refractivity contribution >= 4 is 0 Å². The van der Waals surface area contributed by atoms with Gasteiger partial charge in [-0.1, -0.05) is 20.8 Å². The van der Waals surface area contributed by atoms with Crippen molar-refractivity contribution in [1.82, 2.24) is 10.2 Å². The summed E-state index contributed by atoms with van der Waals surface area (Å²) in [7, 11) is 2.25. The minimum absolute atomic E-state index is 0.323. The van der Waals surface area contributed by atoms with Crippen molar-refractivity contribution in [1.29, 1.82) is 0 Å². The molecule has 0 saturated carbocycles. The van der Waals surface area contributed by atoms with Gasteiger partial charge in [-0.25, -0.2) is 0 Å². The lowest BCUT2D eigenvalue weighted by Crippen LogP contribution is -2.68. The standard InChI is InChI=1S/C12H24N2O/c1-11(2,3)12(8-15-9-12)10-7-13-5-6-14(10)4/h10,13H,5-9H2,1-4H3. The van der Waals surface area contributed by atoms with E-state index in [1.54, 1.807) is 0 Å². The van der Waals surface area contributed by atoms with Crippen LogP contribution >= 0.6 is 0 Å². The molecule has 2 saturated heterocycles. The van der Waals surface area contributed by atoms with Gasteiger partial charge < -0.3 is 15.0 Å². The maximum Gasteiger partial charge on any atom is 0.0565 e. The molecule has 0 aromatic rings. The highest BCUT2D eigenvalue weighted by Crippen LogP contribution is 2.48. The lowest BCUT2D eigenvalue weighted by molar-refractivity contribution is -0.207. The van der Waals surface area contributed by atoms with Gasteiger partial charge in [0.1, 0.15) is 0 Å². The molecule has 15 heavy (non-hydrogen) atoms. The van der Waals surface area contributed by atoms with Crippen molar-refractivity contribution < 1.29 is 4.74 Å². The Bertz CT molecular complexity index is 230. The highest BCUT2D eigenvalue weighted by atomic mass is 16.5. The molecule has 1 N–H and O–H groups in total. The second-order valence-electron chi connectivity index (χ2n) is 6.10. The second-order valence-corrected chi connectivity index (χ2v) is 6.10. The van der Waals surface area contributed by atoms with Gasteiger partial charge in [0.05, 0.1) is 13.2 Å². The summed E-state index contributed by atoms with van der Waals surface area (Å²) in [6, 6.07) is 0.625. The largest absolute Gasteiger partial charge is 0.380 e. The van der Waals surface area contributed by atoms with Crippen LogP contribution in [0.4, 0.5) is 0 Å². The average molecular weight is 212 g/mol. The molecular weight excluding hydrogens is 188 g/mol. The maximum absolute atomic E-state index is 5.51. The number of rotatable bonds is 1. The Balaban J connectivity index is 2.18. The van der Waals surface area contributed by atoms with Gasteiger partial charge in [0.15, 0.2) is 0 Å². The fourth-order valence-corrected chi connectivity index (χ4v) is 2.87. The van der Waals surface area contributed by atoms with Crippen LogP contribution in [0.1, 0.15) is 20.8 Å².